The Kier molecular flexibility index (Phi) is 12.6. The third-order valence-corrected chi connectivity index (χ3v) is 6.84. The van der Waals surface area contributed by atoms with Crippen molar-refractivity contribution in [1.82, 2.24) is 0 Å². The molecule has 2 rings (SSSR count). The lowest BCUT2D eigenvalue weighted by Gasteiger charge is -2.34. The second kappa shape index (κ2) is 15.1. The molecular weight excluding hydrogens is 496 g/mol. The van der Waals surface area contributed by atoms with Crippen molar-refractivity contribution in [2.24, 2.45) is 11.8 Å². The largest absolute Gasteiger partial charge is 0.493 e. The van der Waals surface area contributed by atoms with Crippen molar-refractivity contribution >= 4 is 0 Å². The Labute approximate surface area is 224 Å². The predicted molar refractivity (Wildman–Crippen MR) is 141 cm³/mol. The summed E-state index contributed by atoms with van der Waals surface area (Å²) in [6, 6.07) is 11.0. The fourth-order valence-corrected chi connectivity index (χ4v) is 4.85. The van der Waals surface area contributed by atoms with Gasteiger partial charge in [0, 0.05) is 0 Å². The molecule has 0 fully saturated rings. The Morgan fingerprint density at radius 3 is 1.55 bits per heavy atom. The molecule has 214 valence electrons. The highest BCUT2D eigenvalue weighted by Crippen LogP contribution is 2.37. The summed E-state index contributed by atoms with van der Waals surface area (Å²) in [6.45, 7) is 1.18. The maximum Gasteiger partial charge on any atom is 0.163 e. The van der Waals surface area contributed by atoms with E-state index in [0.717, 1.165) is 11.1 Å². The van der Waals surface area contributed by atoms with Crippen LogP contribution in [0.2, 0.25) is 0 Å². The molecule has 38 heavy (non-hydrogen) atoms. The number of aliphatic hydroxyl groups is 6. The second-order valence-corrected chi connectivity index (χ2v) is 9.53. The van der Waals surface area contributed by atoms with Gasteiger partial charge in [-0.05, 0) is 54.4 Å². The zero-order chi connectivity index (χ0) is 28.4. The fourth-order valence-electron chi connectivity index (χ4n) is 4.85. The van der Waals surface area contributed by atoms with Crippen LogP contribution in [0.25, 0.3) is 0 Å². The monoisotopic (exact) mass is 538 g/mol. The van der Waals surface area contributed by atoms with Crippen LogP contribution < -0.4 is 18.9 Å². The summed E-state index contributed by atoms with van der Waals surface area (Å²) >= 11 is 0. The van der Waals surface area contributed by atoms with Gasteiger partial charge in [0.25, 0.3) is 0 Å². The summed E-state index contributed by atoms with van der Waals surface area (Å²) in [5.74, 6) is 1.58. The summed E-state index contributed by atoms with van der Waals surface area (Å²) in [7, 11) is 6.16. The lowest BCUT2D eigenvalue weighted by atomic mass is 9.80. The van der Waals surface area contributed by atoms with E-state index < -0.39 is 43.0 Å². The molecule has 0 saturated carbocycles. The van der Waals surface area contributed by atoms with E-state index >= 15 is 0 Å². The first-order valence-electron chi connectivity index (χ1n) is 12.5. The van der Waals surface area contributed by atoms with Gasteiger partial charge in [-0.3, -0.25) is 0 Å². The number of methoxy groups -OCH3 is 4. The molecule has 2 aromatic carbocycles. The van der Waals surface area contributed by atoms with Gasteiger partial charge < -0.3 is 49.6 Å². The van der Waals surface area contributed by atoms with Crippen LogP contribution in [0.5, 0.6) is 23.0 Å². The SMILES string of the molecule is COc1cccc(CC(C)CC(Cc2cccc(OC)c2OC)C(O)[C@@H](O)[C@@H](O)[C@H](O)[C@@H](O)CO)c1OC. The molecule has 7 atom stereocenters. The van der Waals surface area contributed by atoms with E-state index in [1.807, 2.05) is 25.1 Å². The van der Waals surface area contributed by atoms with Crippen molar-refractivity contribution in [2.75, 3.05) is 35.0 Å². The molecular formula is C28H42O10. The lowest BCUT2D eigenvalue weighted by molar-refractivity contribution is -0.149. The molecule has 0 spiro atoms. The van der Waals surface area contributed by atoms with Crippen LogP contribution in [-0.2, 0) is 12.8 Å². The summed E-state index contributed by atoms with van der Waals surface area (Å²) in [5, 5.41) is 61.4. The van der Waals surface area contributed by atoms with Gasteiger partial charge in [0.1, 0.15) is 24.4 Å². The molecule has 0 aliphatic heterocycles. The third-order valence-electron chi connectivity index (χ3n) is 6.84. The Bertz CT molecular complexity index is 984. The zero-order valence-corrected chi connectivity index (χ0v) is 22.7. The molecule has 0 aliphatic rings. The molecule has 10 nitrogen and oxygen atoms in total. The van der Waals surface area contributed by atoms with Crippen LogP contribution >= 0.6 is 0 Å². The number of ether oxygens (including phenoxy) is 4. The van der Waals surface area contributed by atoms with Crippen LogP contribution in [0.4, 0.5) is 0 Å². The van der Waals surface area contributed by atoms with Gasteiger partial charge in [-0.15, -0.1) is 0 Å². The van der Waals surface area contributed by atoms with Gasteiger partial charge >= 0.3 is 0 Å². The van der Waals surface area contributed by atoms with Crippen molar-refractivity contribution in [3.8, 4) is 23.0 Å². The van der Waals surface area contributed by atoms with Crippen molar-refractivity contribution in [3.05, 3.63) is 47.5 Å². The van der Waals surface area contributed by atoms with E-state index in [1.54, 1.807) is 32.4 Å². The molecule has 3 unspecified atom stereocenters. The van der Waals surface area contributed by atoms with Gasteiger partial charge in [0.2, 0.25) is 0 Å². The highest BCUT2D eigenvalue weighted by Gasteiger charge is 2.38. The third kappa shape index (κ3) is 7.72. The zero-order valence-electron chi connectivity index (χ0n) is 22.7. The maximum atomic E-state index is 11.2. The highest BCUT2D eigenvalue weighted by molar-refractivity contribution is 5.47. The van der Waals surface area contributed by atoms with Crippen LogP contribution in [0, 0.1) is 11.8 Å². The van der Waals surface area contributed by atoms with E-state index in [1.165, 1.54) is 14.2 Å². The number of benzene rings is 2. The van der Waals surface area contributed by atoms with Crippen molar-refractivity contribution in [1.29, 1.82) is 0 Å². The van der Waals surface area contributed by atoms with Gasteiger partial charge in [-0.2, -0.15) is 0 Å². The standard InChI is InChI=1S/C28H42O10/c1-16(12-17-8-6-10-21(35-2)27(17)37-4)13-19(14-18-9-7-11-22(36-3)28(18)38-5)23(31)25(33)26(34)24(32)20(30)15-29/h6-11,16,19-20,23-26,29-34H,12-15H2,1-5H3/t16?,19?,20-,23?,24+,25+,26-/m0/s1. The Balaban J connectivity index is 2.37. The quantitative estimate of drug-likeness (QED) is 0.182. The molecule has 10 heteroatoms. The molecule has 0 saturated heterocycles. The minimum atomic E-state index is -1.89. The minimum absolute atomic E-state index is 0.0236. The lowest BCUT2D eigenvalue weighted by Crippen LogP contribution is -2.52. The number of aliphatic hydroxyl groups excluding tert-OH is 6. The molecule has 0 bridgehead atoms. The summed E-state index contributed by atoms with van der Waals surface area (Å²) in [5.41, 5.74) is 1.63. The van der Waals surface area contributed by atoms with Crippen LogP contribution in [-0.4, -0.2) is 96.2 Å². The maximum absolute atomic E-state index is 11.2. The van der Waals surface area contributed by atoms with Gasteiger partial charge in [-0.1, -0.05) is 31.2 Å². The molecule has 0 aliphatic carbocycles. The van der Waals surface area contributed by atoms with Crippen LogP contribution in [0.3, 0.4) is 0 Å². The normalized spacial score (nSPS) is 17.0. The Morgan fingerprint density at radius 2 is 1.11 bits per heavy atom. The molecule has 6 N–H and O–H groups in total. The minimum Gasteiger partial charge on any atom is -0.493 e. The molecule has 2 aromatic rings. The van der Waals surface area contributed by atoms with E-state index in [4.69, 9.17) is 24.1 Å². The average molecular weight is 539 g/mol. The first-order chi connectivity index (χ1) is 18.1. The van der Waals surface area contributed by atoms with E-state index in [-0.39, 0.29) is 12.3 Å². The van der Waals surface area contributed by atoms with Crippen molar-refractivity contribution < 1.29 is 49.6 Å². The van der Waals surface area contributed by atoms with Gasteiger partial charge in [0.05, 0.1) is 41.2 Å². The topological polar surface area (TPSA) is 158 Å². The van der Waals surface area contributed by atoms with Crippen molar-refractivity contribution in [2.45, 2.75) is 56.7 Å². The number of para-hydroxylation sites is 2. The summed E-state index contributed by atoms with van der Waals surface area (Å²) in [4.78, 5) is 0. The first kappa shape index (κ1) is 31.6. The average Bonchev–Trinajstić information content (AvgIpc) is 2.94. The number of hydrogen-bond acceptors (Lipinski definition) is 10. The van der Waals surface area contributed by atoms with E-state index in [2.05, 4.69) is 0 Å². The molecule has 0 amide bonds. The number of hydrogen-bond donors (Lipinski definition) is 6. The Hall–Kier alpha value is -2.60. The van der Waals surface area contributed by atoms with Crippen molar-refractivity contribution in [3.63, 3.8) is 0 Å². The highest BCUT2D eigenvalue weighted by atomic mass is 16.5. The van der Waals surface area contributed by atoms with Crippen LogP contribution in [0.1, 0.15) is 24.5 Å². The molecule has 0 radical (unpaired) electrons. The number of rotatable bonds is 16. The van der Waals surface area contributed by atoms with Crippen LogP contribution in [0.15, 0.2) is 36.4 Å². The van der Waals surface area contributed by atoms with E-state index in [9.17, 15) is 25.5 Å². The fraction of sp³-hybridized carbons (Fsp3) is 0.571. The summed E-state index contributed by atoms with van der Waals surface area (Å²) < 4.78 is 21.9. The molecule has 0 aromatic heterocycles. The van der Waals surface area contributed by atoms with Gasteiger partial charge in [-0.25, -0.2) is 0 Å². The Morgan fingerprint density at radius 1 is 0.632 bits per heavy atom. The predicted octanol–water partition coefficient (Wildman–Crippen LogP) is 0.945. The first-order valence-corrected chi connectivity index (χ1v) is 12.5. The van der Waals surface area contributed by atoms with Gasteiger partial charge in [0.15, 0.2) is 23.0 Å². The summed E-state index contributed by atoms with van der Waals surface area (Å²) in [6.07, 6.45) is -7.48. The molecule has 0 heterocycles. The van der Waals surface area contributed by atoms with E-state index in [0.29, 0.717) is 35.8 Å². The smallest absolute Gasteiger partial charge is 0.163 e. The second-order valence-electron chi connectivity index (χ2n) is 9.53.